The van der Waals surface area contributed by atoms with Crippen LogP contribution >= 0.6 is 11.3 Å². The van der Waals surface area contributed by atoms with Crippen LogP contribution in [0.25, 0.3) is 10.9 Å². The molecule has 0 aliphatic rings. The van der Waals surface area contributed by atoms with Crippen molar-refractivity contribution in [3.8, 4) is 0 Å². The highest BCUT2D eigenvalue weighted by atomic mass is 32.1. The second-order valence-corrected chi connectivity index (χ2v) is 5.34. The molecule has 3 rings (SSSR count). The first-order valence-corrected chi connectivity index (χ1v) is 7.27. The van der Waals surface area contributed by atoms with E-state index in [1.165, 1.54) is 0 Å². The largest absolute Gasteiger partial charge is 0.397 e. The summed E-state index contributed by atoms with van der Waals surface area (Å²) in [5.74, 6) is 0. The molecule has 20 heavy (non-hydrogen) atoms. The van der Waals surface area contributed by atoms with Crippen molar-refractivity contribution >= 4 is 33.6 Å². The molecule has 1 aromatic carbocycles. The van der Waals surface area contributed by atoms with E-state index in [1.54, 1.807) is 17.5 Å². The van der Waals surface area contributed by atoms with Crippen LogP contribution in [-0.4, -0.2) is 16.6 Å². The van der Waals surface area contributed by atoms with E-state index in [4.69, 9.17) is 5.73 Å². The predicted octanol–water partition coefficient (Wildman–Crippen LogP) is 3.02. The molecular formula is C15H15N3OS. The molecule has 0 amide bonds. The van der Waals surface area contributed by atoms with Crippen LogP contribution in [0.2, 0.25) is 0 Å². The summed E-state index contributed by atoms with van der Waals surface area (Å²) in [6, 6.07) is 9.52. The Morgan fingerprint density at radius 3 is 3.00 bits per heavy atom. The number of hydrogen-bond donors (Lipinski definition) is 3. The quantitative estimate of drug-likeness (QED) is 0.644. The van der Waals surface area contributed by atoms with E-state index in [2.05, 4.69) is 10.3 Å². The van der Waals surface area contributed by atoms with Crippen LogP contribution in [0.4, 0.5) is 11.4 Å². The number of hydrogen-bond acceptors (Lipinski definition) is 5. The average Bonchev–Trinajstić information content (AvgIpc) is 3.01. The SMILES string of the molecule is Nc1ccc(NCC(O)c2ccsc2)c2cccnc12. The molecule has 102 valence electrons. The van der Waals surface area contributed by atoms with E-state index in [-0.39, 0.29) is 0 Å². The molecule has 3 aromatic rings. The van der Waals surface area contributed by atoms with E-state index in [0.717, 1.165) is 22.2 Å². The fourth-order valence-corrected chi connectivity index (χ4v) is 2.84. The number of aliphatic hydroxyl groups is 1. The zero-order chi connectivity index (χ0) is 13.9. The summed E-state index contributed by atoms with van der Waals surface area (Å²) < 4.78 is 0. The lowest BCUT2D eigenvalue weighted by Gasteiger charge is -2.14. The molecule has 4 nitrogen and oxygen atoms in total. The number of nitrogens with two attached hydrogens (primary N) is 1. The summed E-state index contributed by atoms with van der Waals surface area (Å²) in [6.07, 6.45) is 1.20. The van der Waals surface area contributed by atoms with Gasteiger partial charge in [-0.25, -0.2) is 0 Å². The zero-order valence-corrected chi connectivity index (χ0v) is 11.6. The molecule has 0 aliphatic carbocycles. The number of pyridine rings is 1. The van der Waals surface area contributed by atoms with Gasteiger partial charge < -0.3 is 16.2 Å². The predicted molar refractivity (Wildman–Crippen MR) is 83.9 cm³/mol. The van der Waals surface area contributed by atoms with Crippen LogP contribution in [-0.2, 0) is 0 Å². The summed E-state index contributed by atoms with van der Waals surface area (Å²) in [5, 5.41) is 18.2. The summed E-state index contributed by atoms with van der Waals surface area (Å²) in [7, 11) is 0. The summed E-state index contributed by atoms with van der Waals surface area (Å²) in [4.78, 5) is 4.29. The second-order valence-electron chi connectivity index (χ2n) is 4.56. The van der Waals surface area contributed by atoms with Gasteiger partial charge in [0.15, 0.2) is 0 Å². The van der Waals surface area contributed by atoms with Crippen molar-refractivity contribution in [1.82, 2.24) is 4.98 Å². The molecule has 1 atom stereocenters. The first-order valence-electron chi connectivity index (χ1n) is 6.33. The van der Waals surface area contributed by atoms with Gasteiger partial charge in [0.25, 0.3) is 0 Å². The smallest absolute Gasteiger partial charge is 0.0970 e. The number of fused-ring (bicyclic) bond motifs is 1. The monoisotopic (exact) mass is 285 g/mol. The Morgan fingerprint density at radius 1 is 1.30 bits per heavy atom. The number of aromatic nitrogens is 1. The van der Waals surface area contributed by atoms with E-state index < -0.39 is 6.10 Å². The molecule has 5 heteroatoms. The highest BCUT2D eigenvalue weighted by molar-refractivity contribution is 7.07. The second kappa shape index (κ2) is 5.48. The maximum Gasteiger partial charge on any atom is 0.0970 e. The summed E-state index contributed by atoms with van der Waals surface area (Å²) in [6.45, 7) is 0.449. The van der Waals surface area contributed by atoms with Crippen molar-refractivity contribution in [2.24, 2.45) is 0 Å². The van der Waals surface area contributed by atoms with Crippen molar-refractivity contribution in [2.75, 3.05) is 17.6 Å². The van der Waals surface area contributed by atoms with Crippen LogP contribution in [0, 0.1) is 0 Å². The number of nitrogens with zero attached hydrogens (tertiary/aromatic N) is 1. The highest BCUT2D eigenvalue weighted by Gasteiger charge is 2.09. The Hall–Kier alpha value is -2.11. The highest BCUT2D eigenvalue weighted by Crippen LogP contribution is 2.27. The Morgan fingerprint density at radius 2 is 2.20 bits per heavy atom. The number of thiophene rings is 1. The van der Waals surface area contributed by atoms with E-state index >= 15 is 0 Å². The topological polar surface area (TPSA) is 71.2 Å². The van der Waals surface area contributed by atoms with Crippen LogP contribution in [0.1, 0.15) is 11.7 Å². The maximum absolute atomic E-state index is 10.1. The summed E-state index contributed by atoms with van der Waals surface area (Å²) >= 11 is 1.58. The molecule has 2 heterocycles. The van der Waals surface area contributed by atoms with Gasteiger partial charge in [-0.3, -0.25) is 4.98 Å². The molecule has 0 fully saturated rings. The number of nitrogen functional groups attached to an aromatic ring is 1. The van der Waals surface area contributed by atoms with Gasteiger partial charge in [0.1, 0.15) is 0 Å². The Kier molecular flexibility index (Phi) is 3.54. The Labute approximate surface area is 120 Å². The standard InChI is InChI=1S/C15H15N3OS/c16-12-3-4-13(11-2-1-6-17-15(11)12)18-8-14(19)10-5-7-20-9-10/h1-7,9,14,18-19H,8,16H2. The van der Waals surface area contributed by atoms with Gasteiger partial charge in [0.05, 0.1) is 17.3 Å². The zero-order valence-electron chi connectivity index (χ0n) is 10.8. The number of benzene rings is 1. The van der Waals surface area contributed by atoms with E-state index in [1.807, 2.05) is 41.1 Å². The molecule has 2 aromatic heterocycles. The lowest BCUT2D eigenvalue weighted by Crippen LogP contribution is -2.11. The third-order valence-electron chi connectivity index (χ3n) is 3.21. The number of nitrogens with one attached hydrogen (secondary N) is 1. The van der Waals surface area contributed by atoms with Crippen LogP contribution in [0.3, 0.4) is 0 Å². The number of rotatable bonds is 4. The van der Waals surface area contributed by atoms with E-state index in [0.29, 0.717) is 12.2 Å². The van der Waals surface area contributed by atoms with Crippen molar-refractivity contribution < 1.29 is 5.11 Å². The van der Waals surface area contributed by atoms with Crippen LogP contribution in [0.15, 0.2) is 47.3 Å². The molecule has 0 bridgehead atoms. The number of aliphatic hydroxyl groups excluding tert-OH is 1. The summed E-state index contributed by atoms with van der Waals surface area (Å²) in [5.41, 5.74) is 9.22. The van der Waals surface area contributed by atoms with Gasteiger partial charge in [-0.2, -0.15) is 11.3 Å². The fraction of sp³-hybridized carbons (Fsp3) is 0.133. The molecule has 0 spiro atoms. The molecule has 0 radical (unpaired) electrons. The van der Waals surface area contributed by atoms with Gasteiger partial charge in [-0.05, 0) is 46.7 Å². The minimum atomic E-state index is -0.523. The van der Waals surface area contributed by atoms with Gasteiger partial charge in [-0.1, -0.05) is 0 Å². The first kappa shape index (κ1) is 12.9. The number of anilines is 2. The van der Waals surface area contributed by atoms with Crippen molar-refractivity contribution in [3.63, 3.8) is 0 Å². The third kappa shape index (κ3) is 2.45. The molecular weight excluding hydrogens is 270 g/mol. The fourth-order valence-electron chi connectivity index (χ4n) is 2.14. The van der Waals surface area contributed by atoms with Crippen LogP contribution in [0.5, 0.6) is 0 Å². The maximum atomic E-state index is 10.1. The molecule has 4 N–H and O–H groups in total. The van der Waals surface area contributed by atoms with Crippen LogP contribution < -0.4 is 11.1 Å². The third-order valence-corrected chi connectivity index (χ3v) is 3.92. The molecule has 0 saturated heterocycles. The van der Waals surface area contributed by atoms with Crippen molar-refractivity contribution in [2.45, 2.75) is 6.10 Å². The Balaban J connectivity index is 1.83. The van der Waals surface area contributed by atoms with E-state index in [9.17, 15) is 5.11 Å². The Bertz CT molecular complexity index is 712. The first-order chi connectivity index (χ1) is 9.75. The average molecular weight is 285 g/mol. The van der Waals surface area contributed by atoms with Gasteiger partial charge in [0.2, 0.25) is 0 Å². The lowest BCUT2D eigenvalue weighted by molar-refractivity contribution is 0.192. The van der Waals surface area contributed by atoms with Gasteiger partial charge >= 0.3 is 0 Å². The molecule has 0 aliphatic heterocycles. The minimum absolute atomic E-state index is 0.449. The lowest BCUT2D eigenvalue weighted by atomic mass is 10.1. The minimum Gasteiger partial charge on any atom is -0.397 e. The van der Waals surface area contributed by atoms with Crippen molar-refractivity contribution in [1.29, 1.82) is 0 Å². The van der Waals surface area contributed by atoms with Crippen molar-refractivity contribution in [3.05, 3.63) is 52.9 Å². The van der Waals surface area contributed by atoms with Gasteiger partial charge in [0, 0.05) is 23.8 Å². The molecule has 0 saturated carbocycles. The molecule has 1 unspecified atom stereocenters. The normalized spacial score (nSPS) is 12.4. The van der Waals surface area contributed by atoms with Gasteiger partial charge in [-0.15, -0.1) is 0 Å².